The number of hydrogen-bond acceptors (Lipinski definition) is 6. The van der Waals surface area contributed by atoms with Crippen LogP contribution in [0.3, 0.4) is 0 Å². The molecule has 0 aliphatic heterocycles. The molecule has 0 fully saturated rings. The Labute approximate surface area is 313 Å². The topological polar surface area (TPSA) is 119 Å². The Morgan fingerprint density at radius 1 is 0.519 bits per heavy atom. The van der Waals surface area contributed by atoms with Crippen LogP contribution < -0.4 is 0 Å². The molecule has 0 saturated heterocycles. The van der Waals surface area contributed by atoms with Crippen molar-refractivity contribution >= 4 is 19.8 Å². The van der Waals surface area contributed by atoms with Gasteiger partial charge in [-0.25, -0.2) is 4.57 Å². The lowest BCUT2D eigenvalue weighted by atomic mass is 10.2. The third kappa shape index (κ3) is 39.0. The van der Waals surface area contributed by atoms with Crippen LogP contribution in [0.5, 0.6) is 0 Å². The summed E-state index contributed by atoms with van der Waals surface area (Å²) in [6.07, 6.45) is 54.7. The van der Waals surface area contributed by atoms with Crippen molar-refractivity contribution in [2.75, 3.05) is 13.2 Å². The first-order valence-corrected chi connectivity index (χ1v) is 20.1. The molecule has 52 heavy (non-hydrogen) atoms. The molecule has 0 rings (SSSR count). The zero-order valence-electron chi connectivity index (χ0n) is 31.4. The molecule has 0 aliphatic rings. The molecule has 0 heterocycles. The molecule has 0 aliphatic carbocycles. The Hall–Kier alpha value is -3.81. The van der Waals surface area contributed by atoms with E-state index in [1.54, 1.807) is 0 Å². The van der Waals surface area contributed by atoms with Crippen molar-refractivity contribution in [3.8, 4) is 0 Å². The fraction of sp³-hybridized carbons (Fsp3) is 0.442. The van der Waals surface area contributed by atoms with Crippen LogP contribution in [-0.4, -0.2) is 41.0 Å². The van der Waals surface area contributed by atoms with E-state index in [9.17, 15) is 14.2 Å². The number of esters is 2. The van der Waals surface area contributed by atoms with Crippen molar-refractivity contribution in [2.45, 2.75) is 110 Å². The van der Waals surface area contributed by atoms with Crippen LogP contribution in [0, 0.1) is 0 Å². The number of ether oxygens (including phenoxy) is 2. The van der Waals surface area contributed by atoms with Gasteiger partial charge in [0, 0.05) is 12.8 Å². The van der Waals surface area contributed by atoms with Gasteiger partial charge >= 0.3 is 19.8 Å². The van der Waals surface area contributed by atoms with Crippen molar-refractivity contribution in [1.82, 2.24) is 0 Å². The van der Waals surface area contributed by atoms with Gasteiger partial charge in [0.25, 0.3) is 0 Å². The van der Waals surface area contributed by atoms with Crippen molar-refractivity contribution in [3.05, 3.63) is 134 Å². The summed E-state index contributed by atoms with van der Waals surface area (Å²) in [7, 11) is -4.79. The van der Waals surface area contributed by atoms with E-state index in [4.69, 9.17) is 19.3 Å². The number of hydrogen-bond donors (Lipinski definition) is 2. The number of phosphoric acid groups is 1. The largest absolute Gasteiger partial charge is 0.469 e. The second-order valence-corrected chi connectivity index (χ2v) is 12.8. The van der Waals surface area contributed by atoms with Gasteiger partial charge in [0.2, 0.25) is 0 Å². The molecule has 0 bridgehead atoms. The lowest BCUT2D eigenvalue weighted by Gasteiger charge is -2.18. The molecule has 8 nitrogen and oxygen atoms in total. The van der Waals surface area contributed by atoms with Crippen LogP contribution in [0.1, 0.15) is 104 Å². The smallest absolute Gasteiger partial charge is 0.462 e. The predicted octanol–water partition coefficient (Wildman–Crippen LogP) is 11.2. The maximum atomic E-state index is 12.3. The van der Waals surface area contributed by atoms with E-state index in [1.165, 1.54) is 0 Å². The SMILES string of the molecule is CC/C=C/C=C/C=C/C=C/C=C/CCCC(=O)OC(COC(=O)CCCC/C=C/C/C=C/C/C=C/C/C=C/C/C=C/C/C=C/CC)COP(=O)(O)O. The van der Waals surface area contributed by atoms with Gasteiger partial charge in [-0.05, 0) is 77.0 Å². The number of rotatable bonds is 31. The van der Waals surface area contributed by atoms with Gasteiger partial charge in [-0.1, -0.05) is 148 Å². The highest BCUT2D eigenvalue weighted by Crippen LogP contribution is 2.35. The number of carbonyl (C=O) groups is 2. The number of unbranched alkanes of at least 4 members (excludes halogenated alkanes) is 3. The molecule has 0 aromatic heterocycles. The molecule has 0 saturated carbocycles. The summed E-state index contributed by atoms with van der Waals surface area (Å²) in [5.41, 5.74) is 0. The van der Waals surface area contributed by atoms with Gasteiger partial charge in [-0.2, -0.15) is 0 Å². The van der Waals surface area contributed by atoms with E-state index in [-0.39, 0.29) is 19.4 Å². The van der Waals surface area contributed by atoms with Gasteiger partial charge < -0.3 is 19.3 Å². The molecular formula is C43H63O8P. The summed E-state index contributed by atoms with van der Waals surface area (Å²) in [6, 6.07) is 0. The highest BCUT2D eigenvalue weighted by molar-refractivity contribution is 7.46. The zero-order chi connectivity index (χ0) is 38.2. The highest BCUT2D eigenvalue weighted by atomic mass is 31.2. The number of carbonyl (C=O) groups excluding carboxylic acids is 2. The van der Waals surface area contributed by atoms with Gasteiger partial charge in [0.15, 0.2) is 6.10 Å². The molecule has 1 unspecified atom stereocenters. The molecule has 9 heteroatoms. The average molecular weight is 739 g/mol. The Kier molecular flexibility index (Phi) is 34.3. The summed E-state index contributed by atoms with van der Waals surface area (Å²) in [5.74, 6) is -1.04. The maximum Gasteiger partial charge on any atom is 0.469 e. The minimum atomic E-state index is -4.79. The fourth-order valence-corrected chi connectivity index (χ4v) is 4.47. The molecule has 0 amide bonds. The van der Waals surface area contributed by atoms with Crippen molar-refractivity contribution in [1.29, 1.82) is 0 Å². The minimum Gasteiger partial charge on any atom is -0.462 e. The van der Waals surface area contributed by atoms with Crippen LogP contribution in [0.25, 0.3) is 0 Å². The van der Waals surface area contributed by atoms with E-state index in [0.717, 1.165) is 57.8 Å². The van der Waals surface area contributed by atoms with Gasteiger partial charge in [0.1, 0.15) is 6.61 Å². The Bertz CT molecular complexity index is 1290. The molecule has 288 valence electrons. The van der Waals surface area contributed by atoms with E-state index in [0.29, 0.717) is 19.3 Å². The van der Waals surface area contributed by atoms with E-state index < -0.39 is 32.5 Å². The third-order valence-electron chi connectivity index (χ3n) is 6.79. The molecule has 1 atom stereocenters. The minimum absolute atomic E-state index is 0.0962. The molecule has 2 N–H and O–H groups in total. The Morgan fingerprint density at radius 3 is 1.48 bits per heavy atom. The molecule has 0 spiro atoms. The van der Waals surface area contributed by atoms with Crippen LogP contribution in [0.2, 0.25) is 0 Å². The summed E-state index contributed by atoms with van der Waals surface area (Å²) in [5, 5.41) is 0. The van der Waals surface area contributed by atoms with Crippen molar-refractivity contribution in [2.24, 2.45) is 0 Å². The van der Waals surface area contributed by atoms with E-state index >= 15 is 0 Å². The van der Waals surface area contributed by atoms with Crippen LogP contribution in [0.4, 0.5) is 0 Å². The van der Waals surface area contributed by atoms with Crippen molar-refractivity contribution in [3.63, 3.8) is 0 Å². The average Bonchev–Trinajstić information content (AvgIpc) is 3.11. The van der Waals surface area contributed by atoms with E-state index in [1.807, 2.05) is 54.7 Å². The lowest BCUT2D eigenvalue weighted by molar-refractivity contribution is -0.161. The molecule has 0 aromatic rings. The number of allylic oxidation sites excluding steroid dienone is 22. The molecular weight excluding hydrogens is 675 g/mol. The second kappa shape index (κ2) is 37.0. The lowest BCUT2D eigenvalue weighted by Crippen LogP contribution is -2.29. The summed E-state index contributed by atoms with van der Waals surface area (Å²) in [4.78, 5) is 42.6. The maximum absolute atomic E-state index is 12.3. The predicted molar refractivity (Wildman–Crippen MR) is 215 cm³/mol. The highest BCUT2D eigenvalue weighted by Gasteiger charge is 2.22. The van der Waals surface area contributed by atoms with Crippen LogP contribution >= 0.6 is 7.82 Å². The first kappa shape index (κ1) is 48.2. The first-order valence-electron chi connectivity index (χ1n) is 18.5. The monoisotopic (exact) mass is 738 g/mol. The Morgan fingerprint density at radius 2 is 0.962 bits per heavy atom. The second-order valence-electron chi connectivity index (χ2n) is 11.6. The first-order chi connectivity index (χ1) is 25.3. The third-order valence-corrected chi connectivity index (χ3v) is 7.28. The summed E-state index contributed by atoms with van der Waals surface area (Å²) in [6.45, 7) is 3.28. The molecule has 0 aromatic carbocycles. The van der Waals surface area contributed by atoms with E-state index in [2.05, 4.69) is 97.4 Å². The molecule has 0 radical (unpaired) electrons. The summed E-state index contributed by atoms with van der Waals surface area (Å²) < 4.78 is 26.2. The quantitative estimate of drug-likeness (QED) is 0.0237. The normalized spacial score (nSPS) is 14.0. The number of phosphoric ester groups is 1. The zero-order valence-corrected chi connectivity index (χ0v) is 32.3. The van der Waals surface area contributed by atoms with Gasteiger partial charge in [-0.15, -0.1) is 0 Å². The summed E-state index contributed by atoms with van der Waals surface area (Å²) >= 11 is 0. The Balaban J connectivity index is 4.19. The van der Waals surface area contributed by atoms with Crippen molar-refractivity contribution < 1.29 is 37.9 Å². The fourth-order valence-electron chi connectivity index (χ4n) is 4.11. The van der Waals surface area contributed by atoms with Crippen LogP contribution in [0.15, 0.2) is 134 Å². The van der Waals surface area contributed by atoms with Gasteiger partial charge in [0.05, 0.1) is 6.61 Å². The van der Waals surface area contributed by atoms with Gasteiger partial charge in [-0.3, -0.25) is 14.1 Å². The van der Waals surface area contributed by atoms with Crippen LogP contribution in [-0.2, 0) is 28.2 Å². The standard InChI is InChI=1S/C43H63O8P/c1-3-5-7-9-11-13-15-17-18-19-20-21-22-23-24-26-27-29-31-33-35-37-42(44)49-39-41(40-50-52(46,47)48)51-43(45)38-36-34-32-30-28-25-16-14-12-10-8-6-4-2/h5-8,10-14,16-18,20-21,23-25,27-30,32,41H,3-4,9,15,19,22,26,31,33-40H2,1-2H3,(H2,46,47,48)/b7-5+,8-6+,12-10+,13-11+,16-14+,18-17+,21-20+,24-23+,28-25+,29-27+,32-30+.